The molecule has 0 aliphatic carbocycles. The zero-order valence-corrected chi connectivity index (χ0v) is 83.3. The molecule has 2 aromatic rings. The highest BCUT2D eigenvalue weighted by molar-refractivity contribution is 6.15. The molecule has 0 radical (unpaired) electrons. The summed E-state index contributed by atoms with van der Waals surface area (Å²) in [7, 11) is 7.46. The number of carbonyl (C=O) groups is 12. The number of rotatable bonds is 75. The summed E-state index contributed by atoms with van der Waals surface area (Å²) in [5.41, 5.74) is 6.46. The second-order valence-corrected chi connectivity index (χ2v) is 34.6. The van der Waals surface area contributed by atoms with Gasteiger partial charge in [-0.15, -0.1) is 0 Å². The van der Waals surface area contributed by atoms with Gasteiger partial charge in [-0.05, 0) is 80.0 Å². The number of nitrogens with two attached hydrogens (primary N) is 1. The first-order valence-corrected chi connectivity index (χ1v) is 48.0. The summed E-state index contributed by atoms with van der Waals surface area (Å²) in [5.74, 6) is -10.6. The van der Waals surface area contributed by atoms with E-state index in [1.54, 1.807) is 84.9 Å². The SMILES string of the molecule is CC[C@H](C)[C@@H]([C@@H](CC(=O)N1CCC[C@H]1[C@H](OC)[C@@H](C)C(=O)N[C@H](C)[C@@H](O)c1ccccc1)OC)N(C)C(=O)[C@H](NC(=O)[C@H](C(C)C)N(C)C(=O)OCc1ccc(O[C@@H]2O[C@H](C(=O)O)[C@@H](O)[C@H](O)[C@H]2O)c(NC(=O)CCNC(=O)[C@H](CCCCNC(=O)CCOCCOCCOCCOCCOCCOCCOCCOCCOCCOCCOCCOC)NC(=O)[C@H](CN)N2C(=O)C=CC2=O)c1)C(C)C. The van der Waals surface area contributed by atoms with E-state index in [2.05, 4.69) is 31.9 Å². The molecule has 0 saturated carbocycles. The van der Waals surface area contributed by atoms with Gasteiger partial charge in [-0.2, -0.15) is 0 Å². The van der Waals surface area contributed by atoms with Crippen LogP contribution >= 0.6 is 0 Å². The van der Waals surface area contributed by atoms with Crippen LogP contribution in [-0.4, -0.2) is 415 Å². The molecule has 45 heteroatoms. The van der Waals surface area contributed by atoms with Crippen molar-refractivity contribution in [1.29, 1.82) is 0 Å². The molecule has 11 amide bonds. The number of carboxylic acids is 1. The zero-order valence-electron chi connectivity index (χ0n) is 83.3. The number of carboxylic acid groups (broad SMARTS) is 1. The number of carbonyl (C=O) groups excluding carboxylic acids is 11. The fourth-order valence-electron chi connectivity index (χ4n) is 15.7. The highest BCUT2D eigenvalue weighted by atomic mass is 16.7. The van der Waals surface area contributed by atoms with Crippen molar-refractivity contribution >= 4 is 76.8 Å². The highest BCUT2D eigenvalue weighted by Gasteiger charge is 2.50. The lowest BCUT2D eigenvalue weighted by Gasteiger charge is -2.41. The Balaban J connectivity index is 1.10. The number of hydrogen-bond acceptors (Lipinski definition) is 34. The van der Waals surface area contributed by atoms with E-state index in [0.717, 1.165) is 17.1 Å². The van der Waals surface area contributed by atoms with Gasteiger partial charge in [0, 0.05) is 86.6 Å². The van der Waals surface area contributed by atoms with Crippen molar-refractivity contribution in [2.75, 3.05) is 219 Å². The Morgan fingerprint density at radius 1 is 0.579 bits per heavy atom. The molecule has 2 aromatic carbocycles. The van der Waals surface area contributed by atoms with E-state index in [4.69, 9.17) is 86.3 Å². The van der Waals surface area contributed by atoms with E-state index < -0.39 is 189 Å². The Hall–Kier alpha value is -9.18. The van der Waals surface area contributed by atoms with Crippen LogP contribution in [0.3, 0.4) is 0 Å². The molecule has 0 bridgehead atoms. The van der Waals surface area contributed by atoms with Crippen LogP contribution in [0.5, 0.6) is 5.75 Å². The molecular weight excluding hydrogens is 1840 g/mol. The maximum atomic E-state index is 15.0. The summed E-state index contributed by atoms with van der Waals surface area (Å²) in [6, 6.07) is 5.57. The van der Waals surface area contributed by atoms with Crippen molar-refractivity contribution in [2.45, 2.75) is 211 Å². The minimum Gasteiger partial charge on any atom is -0.479 e. The normalized spacial score (nSPS) is 18.9. The molecule has 0 spiro atoms. The maximum Gasteiger partial charge on any atom is 0.410 e. The molecule has 140 heavy (non-hydrogen) atoms. The number of benzene rings is 2. The molecule has 3 heterocycles. The van der Waals surface area contributed by atoms with E-state index in [0.29, 0.717) is 175 Å². The van der Waals surface area contributed by atoms with Crippen molar-refractivity contribution in [1.82, 2.24) is 46.2 Å². The number of unbranched alkanes of at least 4 members (excludes halogenated alkanes) is 1. The van der Waals surface area contributed by atoms with Gasteiger partial charge in [-0.1, -0.05) is 91.3 Å². The fraction of sp³-hybridized carbons (Fsp3) is 0.726. The Labute approximate surface area is 820 Å². The number of aliphatic hydroxyl groups excluding tert-OH is 4. The summed E-state index contributed by atoms with van der Waals surface area (Å²) in [6.45, 7) is 22.4. The number of aliphatic carboxylic acids is 1. The minimum atomic E-state index is -2.11. The Morgan fingerprint density at radius 2 is 1.11 bits per heavy atom. The molecule has 45 nitrogen and oxygen atoms in total. The predicted octanol–water partition coefficient (Wildman–Crippen LogP) is 0.537. The van der Waals surface area contributed by atoms with E-state index in [-0.39, 0.29) is 92.7 Å². The second-order valence-electron chi connectivity index (χ2n) is 34.6. The number of amides is 11. The lowest BCUT2D eigenvalue weighted by Crippen LogP contribution is -2.61. The summed E-state index contributed by atoms with van der Waals surface area (Å²) >= 11 is 0. The van der Waals surface area contributed by atoms with Crippen molar-refractivity contribution in [2.24, 2.45) is 29.4 Å². The van der Waals surface area contributed by atoms with Gasteiger partial charge < -0.3 is 153 Å². The number of imide groups is 1. The maximum absolute atomic E-state index is 15.0. The first-order valence-electron chi connectivity index (χ1n) is 48.0. The lowest BCUT2D eigenvalue weighted by atomic mass is 9.89. The van der Waals surface area contributed by atoms with Gasteiger partial charge >= 0.3 is 12.1 Å². The molecule has 2 saturated heterocycles. The third kappa shape index (κ3) is 42.4. The van der Waals surface area contributed by atoms with Crippen LogP contribution in [0.1, 0.15) is 130 Å². The molecule has 794 valence electrons. The third-order valence-corrected chi connectivity index (χ3v) is 23.6. The molecule has 5 rings (SSSR count). The number of hydrogen-bond donors (Lipinski definition) is 12. The standard InChI is InChI=1S/C95H155N11O34/c1-14-63(6)81(73(125-12)58-78(111)105-33-20-24-70(105)86(126-13)64(7)88(116)99-65(8)82(112)67-21-16-15-17-22-67)103(9)92(120)79(61(2)3)102-91(119)80(62(4)5)104(10)95(123)138-60-66-25-26-72(139-94-85(115)83(113)84(114)87(140-94)93(121)122)69(57-66)100-75(108)29-32-98-89(117)68(101-90(118)71(59-96)106-76(109)27-28-77(106)110)23-18-19-31-97-74(107)30-34-127-37-38-129-41-42-131-45-46-133-49-50-135-53-54-137-56-55-136-52-51-134-48-47-132-44-43-130-40-39-128-36-35-124-11/h15-17,21-22,25-28,57,61-65,68,70-71,73,79-87,94,112-115H,14,18-20,23-24,29-56,58-60,96H2,1-13H3,(H,97,107)(H,98,117)(H,99,116)(H,100,108)(H,101,118)(H,102,119)(H,121,122)/t63-,64+,65+,68-,70-,71-,73+,79+,80-,81-,82+,83-,84-,85+,86+,87-,94+/m0/s1. The van der Waals surface area contributed by atoms with Crippen LogP contribution in [-0.2, 0) is 135 Å². The average molecular weight is 2000 g/mol. The molecule has 17 atom stereocenters. The van der Waals surface area contributed by atoms with Gasteiger partial charge in [0.25, 0.3) is 11.8 Å². The predicted molar refractivity (Wildman–Crippen MR) is 504 cm³/mol. The van der Waals surface area contributed by atoms with E-state index >= 15 is 4.79 Å². The summed E-state index contributed by atoms with van der Waals surface area (Å²) < 4.78 is 94.5. The topological polar surface area (TPSA) is 574 Å². The Bertz CT molecular complexity index is 4020. The van der Waals surface area contributed by atoms with Gasteiger partial charge in [0.15, 0.2) is 6.10 Å². The number of aliphatic hydroxyl groups is 4. The lowest BCUT2D eigenvalue weighted by molar-refractivity contribution is -0.271. The quantitative estimate of drug-likeness (QED) is 0.0318. The number of likely N-dealkylation sites (N-methyl/N-ethyl adjacent to an activating group) is 2. The minimum absolute atomic E-state index is 0.0168. The molecule has 2 fully saturated rings. The number of nitrogens with one attached hydrogen (secondary N) is 6. The van der Waals surface area contributed by atoms with Crippen LogP contribution in [0.2, 0.25) is 0 Å². The Morgan fingerprint density at radius 3 is 1.61 bits per heavy atom. The summed E-state index contributed by atoms with van der Waals surface area (Å²) in [6.07, 6.45) is -10.5. The van der Waals surface area contributed by atoms with Crippen molar-refractivity contribution in [3.63, 3.8) is 0 Å². The van der Waals surface area contributed by atoms with Crippen LogP contribution in [0.4, 0.5) is 10.5 Å². The number of likely N-dealkylation sites (tertiary alicyclic amines) is 1. The Kier molecular flexibility index (Phi) is 59.0. The number of anilines is 1. The molecule has 3 aliphatic rings. The zero-order chi connectivity index (χ0) is 103. The van der Waals surface area contributed by atoms with E-state index in [1.165, 1.54) is 44.4 Å². The van der Waals surface area contributed by atoms with Crippen LogP contribution < -0.4 is 42.4 Å². The first-order chi connectivity index (χ1) is 67.2. The van der Waals surface area contributed by atoms with Crippen molar-refractivity contribution in [3.05, 3.63) is 71.8 Å². The summed E-state index contributed by atoms with van der Waals surface area (Å²) in [5, 5.41) is 69.3. The van der Waals surface area contributed by atoms with Crippen molar-refractivity contribution < 1.29 is 164 Å². The smallest absolute Gasteiger partial charge is 0.410 e. The molecule has 0 unspecified atom stereocenters. The third-order valence-electron chi connectivity index (χ3n) is 23.6. The van der Waals surface area contributed by atoms with Gasteiger partial charge in [0.2, 0.25) is 53.5 Å². The largest absolute Gasteiger partial charge is 0.479 e. The first kappa shape index (κ1) is 121. The number of methoxy groups -OCH3 is 3. The van der Waals surface area contributed by atoms with Gasteiger partial charge in [0.1, 0.15) is 54.8 Å². The molecule has 13 N–H and O–H groups in total. The van der Waals surface area contributed by atoms with Crippen LogP contribution in [0, 0.1) is 23.7 Å². The summed E-state index contributed by atoms with van der Waals surface area (Å²) in [4.78, 5) is 169. The monoisotopic (exact) mass is 1990 g/mol. The highest BCUT2D eigenvalue weighted by Crippen LogP contribution is 2.34. The average Bonchev–Trinajstić information content (AvgIpc) is 1.05. The van der Waals surface area contributed by atoms with E-state index in [1.807, 2.05) is 19.9 Å². The molecule has 3 aliphatic heterocycles. The van der Waals surface area contributed by atoms with Crippen molar-refractivity contribution in [3.8, 4) is 5.75 Å². The van der Waals surface area contributed by atoms with Crippen LogP contribution in [0.25, 0.3) is 0 Å². The fourth-order valence-corrected chi connectivity index (χ4v) is 15.7. The number of ether oxygens (including phenoxy) is 17. The van der Waals surface area contributed by atoms with E-state index in [9.17, 15) is 78.3 Å². The molecule has 0 aromatic heterocycles. The van der Waals surface area contributed by atoms with Gasteiger partial charge in [-0.25, -0.2) is 9.59 Å². The number of nitrogens with zero attached hydrogens (tertiary/aromatic N) is 4. The molecular formula is C95H155N11O34. The van der Waals surface area contributed by atoms with Gasteiger partial charge in [-0.3, -0.25) is 57.7 Å². The van der Waals surface area contributed by atoms with Crippen LogP contribution in [0.15, 0.2) is 60.7 Å². The van der Waals surface area contributed by atoms with Gasteiger partial charge in [0.05, 0.1) is 206 Å². The second kappa shape index (κ2) is 68.1.